The number of hydrogen-bond donors (Lipinski definition) is 1. The number of alkyl halides is 3. The van der Waals surface area contributed by atoms with Crippen LogP contribution in [-0.2, 0) is 29.5 Å². The third-order valence-electron chi connectivity index (χ3n) is 8.03. The summed E-state index contributed by atoms with van der Waals surface area (Å²) in [5, 5.41) is 2.63. The van der Waals surface area contributed by atoms with Crippen molar-refractivity contribution in [3.05, 3.63) is 136 Å². The summed E-state index contributed by atoms with van der Waals surface area (Å²) >= 11 is 6.41. The molecule has 244 valence electrons. The van der Waals surface area contributed by atoms with Crippen molar-refractivity contribution in [1.29, 1.82) is 0 Å². The summed E-state index contributed by atoms with van der Waals surface area (Å²) in [6.45, 7) is 4.48. The van der Waals surface area contributed by atoms with Gasteiger partial charge < -0.3 is 15.0 Å². The van der Waals surface area contributed by atoms with Crippen LogP contribution in [0, 0.1) is 0 Å². The maximum Gasteiger partial charge on any atom is 0.417 e. The molecule has 0 saturated heterocycles. The number of halogens is 4. The second kappa shape index (κ2) is 16.1. The van der Waals surface area contributed by atoms with Gasteiger partial charge in [-0.3, -0.25) is 9.69 Å². The SMILES string of the molecule is CN(C)CCNC(=O)Cc1cccc(OCCCN(Cc2cccc(C(F)(F)F)c2Cl)C(C)(c2ccccc2)c2ccccc2)c1. The van der Waals surface area contributed by atoms with Gasteiger partial charge in [0.25, 0.3) is 0 Å². The molecule has 4 aromatic rings. The van der Waals surface area contributed by atoms with Crippen LogP contribution in [0.1, 0.15) is 41.2 Å². The van der Waals surface area contributed by atoms with Crippen molar-refractivity contribution in [2.75, 3.05) is 40.3 Å². The van der Waals surface area contributed by atoms with E-state index in [-0.39, 0.29) is 23.9 Å². The Morgan fingerprint density at radius 1 is 0.848 bits per heavy atom. The Kier molecular flexibility index (Phi) is 12.3. The quantitative estimate of drug-likeness (QED) is 0.133. The molecule has 0 fully saturated rings. The van der Waals surface area contributed by atoms with E-state index in [1.807, 2.05) is 104 Å². The summed E-state index contributed by atoms with van der Waals surface area (Å²) in [7, 11) is 3.91. The number of ether oxygens (including phenoxy) is 1. The minimum Gasteiger partial charge on any atom is -0.494 e. The zero-order valence-electron chi connectivity index (χ0n) is 26.5. The first kappa shape index (κ1) is 35.0. The first-order valence-electron chi connectivity index (χ1n) is 15.3. The van der Waals surface area contributed by atoms with Crippen LogP contribution < -0.4 is 10.1 Å². The van der Waals surface area contributed by atoms with Crippen LogP contribution in [0.5, 0.6) is 5.75 Å². The van der Waals surface area contributed by atoms with Gasteiger partial charge in [-0.05, 0) is 67.9 Å². The minimum absolute atomic E-state index is 0.0518. The molecule has 46 heavy (non-hydrogen) atoms. The van der Waals surface area contributed by atoms with Crippen LogP contribution in [0.4, 0.5) is 13.2 Å². The van der Waals surface area contributed by atoms with Crippen molar-refractivity contribution in [1.82, 2.24) is 15.1 Å². The summed E-state index contributed by atoms with van der Waals surface area (Å²) in [6.07, 6.45) is -3.72. The van der Waals surface area contributed by atoms with Crippen LogP contribution in [0.25, 0.3) is 0 Å². The first-order valence-corrected chi connectivity index (χ1v) is 15.7. The van der Waals surface area contributed by atoms with Gasteiger partial charge in [0.1, 0.15) is 5.75 Å². The first-order chi connectivity index (χ1) is 22.0. The van der Waals surface area contributed by atoms with Gasteiger partial charge in [-0.25, -0.2) is 0 Å². The molecule has 0 unspecified atom stereocenters. The molecule has 0 aliphatic carbocycles. The number of carbonyl (C=O) groups is 1. The van der Waals surface area contributed by atoms with E-state index in [1.165, 1.54) is 6.07 Å². The van der Waals surface area contributed by atoms with Crippen LogP contribution in [0.3, 0.4) is 0 Å². The molecule has 0 radical (unpaired) electrons. The number of rotatable bonds is 15. The van der Waals surface area contributed by atoms with Crippen LogP contribution in [0.2, 0.25) is 5.02 Å². The average molecular weight is 652 g/mol. The summed E-state index contributed by atoms with van der Waals surface area (Å²) in [4.78, 5) is 16.5. The van der Waals surface area contributed by atoms with E-state index in [2.05, 4.69) is 17.1 Å². The largest absolute Gasteiger partial charge is 0.494 e. The second-order valence-electron chi connectivity index (χ2n) is 11.7. The van der Waals surface area contributed by atoms with Crippen LogP contribution in [0.15, 0.2) is 103 Å². The number of likely N-dealkylation sites (N-methyl/N-ethyl adjacent to an activating group) is 1. The van der Waals surface area contributed by atoms with Gasteiger partial charge in [-0.2, -0.15) is 13.2 Å². The van der Waals surface area contributed by atoms with E-state index in [0.717, 1.165) is 29.3 Å². The summed E-state index contributed by atoms with van der Waals surface area (Å²) in [5.41, 5.74) is 1.71. The van der Waals surface area contributed by atoms with Crippen molar-refractivity contribution >= 4 is 17.5 Å². The lowest BCUT2D eigenvalue weighted by atomic mass is 9.82. The Morgan fingerprint density at radius 2 is 1.48 bits per heavy atom. The summed E-state index contributed by atoms with van der Waals surface area (Å²) in [5.74, 6) is 0.601. The molecule has 0 spiro atoms. The van der Waals surface area contributed by atoms with E-state index >= 15 is 0 Å². The van der Waals surface area contributed by atoms with Crippen molar-refractivity contribution in [3.63, 3.8) is 0 Å². The van der Waals surface area contributed by atoms with Crippen molar-refractivity contribution in [2.24, 2.45) is 0 Å². The summed E-state index contributed by atoms with van der Waals surface area (Å²) < 4.78 is 47.5. The van der Waals surface area contributed by atoms with Gasteiger partial charge in [0.2, 0.25) is 5.91 Å². The van der Waals surface area contributed by atoms with Gasteiger partial charge in [0, 0.05) is 26.2 Å². The smallest absolute Gasteiger partial charge is 0.417 e. The minimum atomic E-state index is -4.56. The van der Waals surface area contributed by atoms with Crippen LogP contribution >= 0.6 is 11.6 Å². The molecule has 0 atom stereocenters. The summed E-state index contributed by atoms with van der Waals surface area (Å²) in [6, 6.07) is 31.4. The molecule has 0 aliphatic heterocycles. The van der Waals surface area contributed by atoms with Gasteiger partial charge in [0.05, 0.1) is 29.2 Å². The average Bonchev–Trinajstić information content (AvgIpc) is 3.03. The fourth-order valence-electron chi connectivity index (χ4n) is 5.50. The van der Waals surface area contributed by atoms with Gasteiger partial charge in [-0.1, -0.05) is 96.5 Å². The van der Waals surface area contributed by atoms with Crippen molar-refractivity contribution in [2.45, 2.75) is 38.0 Å². The molecule has 0 saturated carbocycles. The van der Waals surface area contributed by atoms with E-state index in [9.17, 15) is 18.0 Å². The number of nitrogens with one attached hydrogen (secondary N) is 1. The zero-order valence-corrected chi connectivity index (χ0v) is 27.2. The van der Waals surface area contributed by atoms with Gasteiger partial charge in [-0.15, -0.1) is 0 Å². The van der Waals surface area contributed by atoms with Crippen LogP contribution in [-0.4, -0.2) is 56.0 Å². The highest BCUT2D eigenvalue weighted by Crippen LogP contribution is 2.40. The van der Waals surface area contributed by atoms with E-state index in [0.29, 0.717) is 37.4 Å². The molecule has 1 amide bonds. The molecule has 0 aromatic heterocycles. The van der Waals surface area contributed by atoms with E-state index in [4.69, 9.17) is 16.3 Å². The van der Waals surface area contributed by atoms with Crippen molar-refractivity contribution in [3.8, 4) is 5.75 Å². The molecule has 9 heteroatoms. The number of nitrogens with zero attached hydrogens (tertiary/aromatic N) is 2. The maximum atomic E-state index is 13.8. The van der Waals surface area contributed by atoms with Gasteiger partial charge in [0.15, 0.2) is 0 Å². The highest BCUT2D eigenvalue weighted by Gasteiger charge is 2.37. The standard InChI is InChI=1S/C37H41ClF3N3O2/c1-36(30-15-6-4-7-16-30,31-17-8-5-9-18-31)44(27-29-14-11-20-33(35(29)38)37(39,40)41)22-12-24-46-32-19-10-13-28(25-32)26-34(45)42-21-23-43(2)3/h4-11,13-20,25H,12,21-24,26-27H2,1-3H3,(H,42,45). The third-order valence-corrected chi connectivity index (χ3v) is 8.48. The molecule has 0 bridgehead atoms. The third kappa shape index (κ3) is 9.34. The molecule has 4 aromatic carbocycles. The Morgan fingerprint density at radius 3 is 2.09 bits per heavy atom. The molecule has 1 N–H and O–H groups in total. The molecule has 5 nitrogen and oxygen atoms in total. The fraction of sp³-hybridized carbons (Fsp3) is 0.324. The van der Waals surface area contributed by atoms with Gasteiger partial charge >= 0.3 is 6.18 Å². The predicted molar refractivity (Wildman–Crippen MR) is 178 cm³/mol. The Bertz CT molecular complexity index is 1510. The fourth-order valence-corrected chi connectivity index (χ4v) is 5.79. The number of benzene rings is 4. The highest BCUT2D eigenvalue weighted by molar-refractivity contribution is 6.32. The van der Waals surface area contributed by atoms with E-state index < -0.39 is 17.3 Å². The number of amides is 1. The lowest BCUT2D eigenvalue weighted by Crippen LogP contribution is -2.45. The Labute approximate surface area is 274 Å². The number of carbonyl (C=O) groups excluding carboxylic acids is 1. The lowest BCUT2D eigenvalue weighted by Gasteiger charge is -2.43. The molecular weight excluding hydrogens is 611 g/mol. The van der Waals surface area contributed by atoms with Crippen molar-refractivity contribution < 1.29 is 22.7 Å². The Hall–Kier alpha value is -3.85. The zero-order chi connectivity index (χ0) is 33.2. The second-order valence-corrected chi connectivity index (χ2v) is 12.1. The topological polar surface area (TPSA) is 44.8 Å². The predicted octanol–water partition coefficient (Wildman–Crippen LogP) is 7.81. The Balaban J connectivity index is 1.55. The monoisotopic (exact) mass is 651 g/mol. The maximum absolute atomic E-state index is 13.8. The van der Waals surface area contributed by atoms with E-state index in [1.54, 1.807) is 6.07 Å². The molecule has 4 rings (SSSR count). The number of hydrogen-bond acceptors (Lipinski definition) is 4. The lowest BCUT2D eigenvalue weighted by molar-refractivity contribution is -0.137. The highest BCUT2D eigenvalue weighted by atomic mass is 35.5. The molecule has 0 aliphatic rings. The molecule has 0 heterocycles. The normalized spacial score (nSPS) is 12.0. The molecular formula is C37H41ClF3N3O2.